The SMILES string of the molecule is CS(=O)(=O)N1CCN(c2cc[c]cc2)CC1. The molecule has 1 saturated heterocycles. The summed E-state index contributed by atoms with van der Waals surface area (Å²) in [7, 11) is -3.03. The Balaban J connectivity index is 2.01. The lowest BCUT2D eigenvalue weighted by Crippen LogP contribution is -2.48. The van der Waals surface area contributed by atoms with Crippen molar-refractivity contribution in [2.24, 2.45) is 0 Å². The number of sulfonamides is 1. The van der Waals surface area contributed by atoms with E-state index in [1.807, 2.05) is 24.3 Å². The van der Waals surface area contributed by atoms with Crippen molar-refractivity contribution in [2.75, 3.05) is 37.3 Å². The van der Waals surface area contributed by atoms with Crippen LogP contribution in [0.2, 0.25) is 0 Å². The highest BCUT2D eigenvalue weighted by Crippen LogP contribution is 2.16. The standard InChI is InChI=1S/C11H15N2O2S/c1-16(14,15)13-9-7-12(8-10-13)11-5-3-2-4-6-11/h3-6H,7-10H2,1H3. The second kappa shape index (κ2) is 4.43. The Morgan fingerprint density at radius 1 is 1.12 bits per heavy atom. The molecule has 0 spiro atoms. The molecule has 1 fully saturated rings. The average Bonchev–Trinajstić information content (AvgIpc) is 2.29. The molecule has 0 bridgehead atoms. The second-order valence-electron chi connectivity index (χ2n) is 3.91. The van der Waals surface area contributed by atoms with Gasteiger partial charge < -0.3 is 4.90 Å². The van der Waals surface area contributed by atoms with Crippen LogP contribution >= 0.6 is 0 Å². The van der Waals surface area contributed by atoms with Crippen LogP contribution in [0.5, 0.6) is 0 Å². The average molecular weight is 239 g/mol. The molecule has 0 N–H and O–H groups in total. The van der Waals surface area contributed by atoms with Gasteiger partial charge in [-0.1, -0.05) is 12.1 Å². The lowest BCUT2D eigenvalue weighted by molar-refractivity contribution is 0.388. The number of hydrogen-bond acceptors (Lipinski definition) is 3. The molecule has 0 atom stereocenters. The topological polar surface area (TPSA) is 40.6 Å². The number of hydrogen-bond donors (Lipinski definition) is 0. The van der Waals surface area contributed by atoms with E-state index in [9.17, 15) is 8.42 Å². The first-order valence-corrected chi connectivity index (χ1v) is 7.08. The van der Waals surface area contributed by atoms with Crippen molar-refractivity contribution < 1.29 is 8.42 Å². The molecule has 1 aliphatic heterocycles. The smallest absolute Gasteiger partial charge is 0.211 e. The van der Waals surface area contributed by atoms with Gasteiger partial charge in [0.2, 0.25) is 10.0 Å². The van der Waals surface area contributed by atoms with Crippen LogP contribution in [0.3, 0.4) is 0 Å². The zero-order valence-corrected chi connectivity index (χ0v) is 10.1. The summed E-state index contributed by atoms with van der Waals surface area (Å²) in [4.78, 5) is 2.19. The van der Waals surface area contributed by atoms with Crippen LogP contribution in [0.15, 0.2) is 24.3 Å². The molecule has 0 unspecified atom stereocenters. The van der Waals surface area contributed by atoms with Crippen LogP contribution in [0, 0.1) is 6.07 Å². The zero-order chi connectivity index (χ0) is 11.6. The molecule has 1 aromatic carbocycles. The fourth-order valence-electron chi connectivity index (χ4n) is 1.87. The summed E-state index contributed by atoms with van der Waals surface area (Å²) >= 11 is 0. The number of piperazine rings is 1. The first kappa shape index (κ1) is 11.4. The van der Waals surface area contributed by atoms with Gasteiger partial charge in [0, 0.05) is 31.9 Å². The minimum Gasteiger partial charge on any atom is -0.369 e. The highest BCUT2D eigenvalue weighted by atomic mass is 32.2. The van der Waals surface area contributed by atoms with Gasteiger partial charge in [0.05, 0.1) is 6.26 Å². The monoisotopic (exact) mass is 239 g/mol. The quantitative estimate of drug-likeness (QED) is 0.757. The maximum Gasteiger partial charge on any atom is 0.211 e. The molecule has 1 aliphatic rings. The maximum absolute atomic E-state index is 11.3. The number of nitrogens with zero attached hydrogens (tertiary/aromatic N) is 2. The molecular formula is C11H15N2O2S. The molecule has 0 aliphatic carbocycles. The molecule has 1 radical (unpaired) electrons. The number of rotatable bonds is 2. The Morgan fingerprint density at radius 3 is 2.19 bits per heavy atom. The molecule has 1 heterocycles. The number of benzene rings is 1. The third-order valence-electron chi connectivity index (χ3n) is 2.77. The van der Waals surface area contributed by atoms with Crippen molar-refractivity contribution in [3.8, 4) is 0 Å². The summed E-state index contributed by atoms with van der Waals surface area (Å²) in [5, 5.41) is 0. The lowest BCUT2D eigenvalue weighted by atomic mass is 10.2. The van der Waals surface area contributed by atoms with Crippen LogP contribution in [-0.2, 0) is 10.0 Å². The molecule has 5 heteroatoms. The van der Waals surface area contributed by atoms with Crippen molar-refractivity contribution in [1.29, 1.82) is 0 Å². The van der Waals surface area contributed by atoms with Gasteiger partial charge in [-0.2, -0.15) is 4.31 Å². The predicted molar refractivity (Wildman–Crippen MR) is 63.9 cm³/mol. The van der Waals surface area contributed by atoms with Gasteiger partial charge in [-0.3, -0.25) is 0 Å². The highest BCUT2D eigenvalue weighted by molar-refractivity contribution is 7.88. The Hall–Kier alpha value is -1.07. The molecule has 2 rings (SSSR count). The van der Waals surface area contributed by atoms with Gasteiger partial charge in [0.1, 0.15) is 0 Å². The summed E-state index contributed by atoms with van der Waals surface area (Å²) in [5.74, 6) is 0. The minimum atomic E-state index is -3.03. The molecule has 87 valence electrons. The van der Waals surface area contributed by atoms with Crippen LogP contribution < -0.4 is 4.90 Å². The van der Waals surface area contributed by atoms with E-state index in [2.05, 4.69) is 11.0 Å². The summed E-state index contributed by atoms with van der Waals surface area (Å²) in [6, 6.07) is 10.7. The molecule has 0 saturated carbocycles. The van der Waals surface area contributed by atoms with Gasteiger partial charge in [-0.05, 0) is 18.2 Å². The predicted octanol–water partition coefficient (Wildman–Crippen LogP) is 0.568. The van der Waals surface area contributed by atoms with E-state index in [0.29, 0.717) is 13.1 Å². The van der Waals surface area contributed by atoms with E-state index >= 15 is 0 Å². The van der Waals surface area contributed by atoms with Crippen molar-refractivity contribution in [2.45, 2.75) is 0 Å². The van der Waals surface area contributed by atoms with E-state index in [4.69, 9.17) is 0 Å². The third kappa shape index (κ3) is 2.54. The van der Waals surface area contributed by atoms with Crippen LogP contribution in [0.4, 0.5) is 5.69 Å². The highest BCUT2D eigenvalue weighted by Gasteiger charge is 2.23. The second-order valence-corrected chi connectivity index (χ2v) is 5.89. The van der Waals surface area contributed by atoms with Crippen LogP contribution in [-0.4, -0.2) is 45.2 Å². The fourth-order valence-corrected chi connectivity index (χ4v) is 2.69. The Labute approximate surface area is 96.5 Å². The van der Waals surface area contributed by atoms with E-state index in [1.165, 1.54) is 10.6 Å². The minimum absolute atomic E-state index is 0.567. The largest absolute Gasteiger partial charge is 0.369 e. The van der Waals surface area contributed by atoms with Crippen molar-refractivity contribution >= 4 is 15.7 Å². The van der Waals surface area contributed by atoms with Gasteiger partial charge >= 0.3 is 0 Å². The first-order chi connectivity index (χ1) is 7.57. The number of anilines is 1. The Bertz CT molecular complexity index is 436. The molecule has 1 aromatic rings. The van der Waals surface area contributed by atoms with Crippen molar-refractivity contribution in [3.63, 3.8) is 0 Å². The summed E-state index contributed by atoms with van der Waals surface area (Å²) in [6.45, 7) is 2.63. The van der Waals surface area contributed by atoms with Crippen molar-refractivity contribution in [1.82, 2.24) is 4.31 Å². The third-order valence-corrected chi connectivity index (χ3v) is 4.08. The lowest BCUT2D eigenvalue weighted by Gasteiger charge is -2.34. The van der Waals surface area contributed by atoms with Gasteiger partial charge in [0.25, 0.3) is 0 Å². The van der Waals surface area contributed by atoms with Crippen LogP contribution in [0.25, 0.3) is 0 Å². The van der Waals surface area contributed by atoms with Gasteiger partial charge in [-0.15, -0.1) is 0 Å². The molecule has 16 heavy (non-hydrogen) atoms. The summed E-state index contributed by atoms with van der Waals surface area (Å²) < 4.78 is 24.2. The van der Waals surface area contributed by atoms with Gasteiger partial charge in [0.15, 0.2) is 0 Å². The molecule has 0 amide bonds. The van der Waals surface area contributed by atoms with Gasteiger partial charge in [-0.25, -0.2) is 8.42 Å². The molecular weight excluding hydrogens is 224 g/mol. The maximum atomic E-state index is 11.3. The zero-order valence-electron chi connectivity index (χ0n) is 9.26. The van der Waals surface area contributed by atoms with E-state index < -0.39 is 10.0 Å². The first-order valence-electron chi connectivity index (χ1n) is 5.23. The summed E-state index contributed by atoms with van der Waals surface area (Å²) in [5.41, 5.74) is 1.13. The molecule has 0 aromatic heterocycles. The van der Waals surface area contributed by atoms with E-state index in [1.54, 1.807) is 0 Å². The Kier molecular flexibility index (Phi) is 3.16. The molecule has 4 nitrogen and oxygen atoms in total. The van der Waals surface area contributed by atoms with Crippen LogP contribution in [0.1, 0.15) is 0 Å². The van der Waals surface area contributed by atoms with Crippen molar-refractivity contribution in [3.05, 3.63) is 30.3 Å². The summed E-state index contributed by atoms with van der Waals surface area (Å²) in [6.07, 6.45) is 1.26. The normalized spacial score (nSPS) is 18.7. The fraction of sp³-hybridized carbons (Fsp3) is 0.455. The van der Waals surface area contributed by atoms with E-state index in [0.717, 1.165) is 18.8 Å². The Morgan fingerprint density at radius 2 is 1.69 bits per heavy atom. The van der Waals surface area contributed by atoms with E-state index in [-0.39, 0.29) is 0 Å².